The van der Waals surface area contributed by atoms with E-state index in [0.717, 1.165) is 14.5 Å². The van der Waals surface area contributed by atoms with Crippen molar-refractivity contribution < 1.29 is 4.39 Å². The van der Waals surface area contributed by atoms with Crippen LogP contribution in [0, 0.1) is 12.7 Å². The molecule has 3 rings (SSSR count). The second kappa shape index (κ2) is 5.35. The molecule has 0 aliphatic carbocycles. The third-order valence-corrected chi connectivity index (χ3v) is 4.18. The standard InChI is InChI=1S/C15H10Br2FN3/c1-7-2-3-9(12(18)4-7)15-20-13-10(14(19)21-15)5-8(16)6-11(13)17/h2-6H,1H3,(H2,19,20,21). The Labute approximate surface area is 137 Å². The molecule has 0 saturated carbocycles. The van der Waals surface area contributed by atoms with Crippen molar-refractivity contribution in [3.8, 4) is 11.4 Å². The molecule has 2 N–H and O–H groups in total. The van der Waals surface area contributed by atoms with Gasteiger partial charge in [0.2, 0.25) is 0 Å². The molecule has 3 aromatic rings. The Morgan fingerprint density at radius 1 is 1.10 bits per heavy atom. The Bertz CT molecular complexity index is 865. The Kier molecular flexibility index (Phi) is 3.67. The monoisotopic (exact) mass is 409 g/mol. The van der Waals surface area contributed by atoms with Gasteiger partial charge in [0, 0.05) is 14.3 Å². The molecule has 1 heterocycles. The van der Waals surface area contributed by atoms with Crippen molar-refractivity contribution in [2.24, 2.45) is 0 Å². The minimum absolute atomic E-state index is 0.278. The van der Waals surface area contributed by atoms with Gasteiger partial charge in [0.05, 0.1) is 11.1 Å². The molecular formula is C15H10Br2FN3. The molecule has 0 amide bonds. The predicted octanol–water partition coefficient (Wildman–Crippen LogP) is 4.85. The number of nitrogens with zero attached hydrogens (tertiary/aromatic N) is 2. The van der Waals surface area contributed by atoms with Gasteiger partial charge < -0.3 is 5.73 Å². The first kappa shape index (κ1) is 14.4. The van der Waals surface area contributed by atoms with Crippen LogP contribution in [0.2, 0.25) is 0 Å². The van der Waals surface area contributed by atoms with E-state index in [0.29, 0.717) is 22.3 Å². The molecule has 0 bridgehead atoms. The number of aryl methyl sites for hydroxylation is 1. The summed E-state index contributed by atoms with van der Waals surface area (Å²) in [5, 5.41) is 0.715. The first-order valence-corrected chi connectivity index (χ1v) is 7.73. The number of rotatable bonds is 1. The van der Waals surface area contributed by atoms with Gasteiger partial charge in [-0.25, -0.2) is 14.4 Å². The van der Waals surface area contributed by atoms with Crippen LogP contribution >= 0.6 is 31.9 Å². The third-order valence-electron chi connectivity index (χ3n) is 3.11. The molecule has 0 aliphatic rings. The van der Waals surface area contributed by atoms with Gasteiger partial charge >= 0.3 is 0 Å². The van der Waals surface area contributed by atoms with Crippen molar-refractivity contribution >= 4 is 48.6 Å². The number of benzene rings is 2. The van der Waals surface area contributed by atoms with E-state index >= 15 is 0 Å². The van der Waals surface area contributed by atoms with Crippen molar-refractivity contribution in [3.05, 3.63) is 50.7 Å². The zero-order chi connectivity index (χ0) is 15.1. The van der Waals surface area contributed by atoms with E-state index in [2.05, 4.69) is 41.8 Å². The largest absolute Gasteiger partial charge is 0.383 e. The summed E-state index contributed by atoms with van der Waals surface area (Å²) in [6, 6.07) is 8.64. The highest BCUT2D eigenvalue weighted by Gasteiger charge is 2.13. The van der Waals surface area contributed by atoms with Crippen LogP contribution in [0.3, 0.4) is 0 Å². The highest BCUT2D eigenvalue weighted by Crippen LogP contribution is 2.32. The molecular weight excluding hydrogens is 401 g/mol. The zero-order valence-corrected chi connectivity index (χ0v) is 14.2. The van der Waals surface area contributed by atoms with Gasteiger partial charge in [0.1, 0.15) is 11.6 Å². The second-order valence-electron chi connectivity index (χ2n) is 4.70. The maximum Gasteiger partial charge on any atom is 0.165 e. The summed E-state index contributed by atoms with van der Waals surface area (Å²) < 4.78 is 15.7. The maximum atomic E-state index is 14.1. The van der Waals surface area contributed by atoms with Crippen LogP contribution in [0.4, 0.5) is 10.2 Å². The maximum absolute atomic E-state index is 14.1. The van der Waals surface area contributed by atoms with E-state index in [9.17, 15) is 4.39 Å². The van der Waals surface area contributed by atoms with E-state index in [1.54, 1.807) is 6.07 Å². The van der Waals surface area contributed by atoms with Crippen LogP contribution < -0.4 is 5.73 Å². The minimum Gasteiger partial charge on any atom is -0.383 e. The second-order valence-corrected chi connectivity index (χ2v) is 6.47. The third kappa shape index (κ3) is 2.65. The SMILES string of the molecule is Cc1ccc(-c2nc(N)c3cc(Br)cc(Br)c3n2)c(F)c1. The number of halogens is 3. The van der Waals surface area contributed by atoms with Crippen LogP contribution in [0.25, 0.3) is 22.3 Å². The number of nitrogen functional groups attached to an aromatic ring is 1. The molecule has 0 radical (unpaired) electrons. The molecule has 0 unspecified atom stereocenters. The lowest BCUT2D eigenvalue weighted by atomic mass is 10.1. The van der Waals surface area contributed by atoms with E-state index in [4.69, 9.17) is 5.73 Å². The van der Waals surface area contributed by atoms with Gasteiger partial charge in [-0.1, -0.05) is 22.0 Å². The molecule has 3 nitrogen and oxygen atoms in total. The lowest BCUT2D eigenvalue weighted by molar-refractivity contribution is 0.629. The molecule has 6 heteroatoms. The Morgan fingerprint density at radius 3 is 2.57 bits per heavy atom. The Balaban J connectivity index is 2.30. The van der Waals surface area contributed by atoms with E-state index in [1.807, 2.05) is 25.1 Å². The summed E-state index contributed by atoms with van der Waals surface area (Å²) in [6.07, 6.45) is 0. The normalized spacial score (nSPS) is 11.0. The van der Waals surface area contributed by atoms with Gasteiger partial charge in [-0.15, -0.1) is 0 Å². The minimum atomic E-state index is -0.359. The van der Waals surface area contributed by atoms with Crippen LogP contribution in [0.15, 0.2) is 39.3 Å². The van der Waals surface area contributed by atoms with E-state index in [-0.39, 0.29) is 11.6 Å². The summed E-state index contributed by atoms with van der Waals surface area (Å²) in [5.41, 5.74) is 7.83. The smallest absolute Gasteiger partial charge is 0.165 e. The molecule has 0 spiro atoms. The number of anilines is 1. The van der Waals surface area contributed by atoms with Gasteiger partial charge in [-0.3, -0.25) is 0 Å². The van der Waals surface area contributed by atoms with Crippen LogP contribution in [0.1, 0.15) is 5.56 Å². The fraction of sp³-hybridized carbons (Fsp3) is 0.0667. The van der Waals surface area contributed by atoms with Crippen molar-refractivity contribution in [2.45, 2.75) is 6.92 Å². The highest BCUT2D eigenvalue weighted by molar-refractivity contribution is 9.11. The van der Waals surface area contributed by atoms with Gasteiger partial charge in [-0.05, 0) is 52.7 Å². The van der Waals surface area contributed by atoms with E-state index in [1.165, 1.54) is 6.07 Å². The van der Waals surface area contributed by atoms with Crippen molar-refractivity contribution in [1.29, 1.82) is 0 Å². The number of nitrogens with two attached hydrogens (primary N) is 1. The van der Waals surface area contributed by atoms with Gasteiger partial charge in [0.25, 0.3) is 0 Å². The Hall–Kier alpha value is -1.53. The lowest BCUT2D eigenvalue weighted by Gasteiger charge is -2.08. The molecule has 0 atom stereocenters. The zero-order valence-electron chi connectivity index (χ0n) is 11.0. The number of hydrogen-bond acceptors (Lipinski definition) is 3. The average Bonchev–Trinajstić information content (AvgIpc) is 2.40. The average molecular weight is 411 g/mol. The van der Waals surface area contributed by atoms with Crippen molar-refractivity contribution in [3.63, 3.8) is 0 Å². The van der Waals surface area contributed by atoms with Crippen LogP contribution in [-0.2, 0) is 0 Å². The molecule has 2 aromatic carbocycles. The molecule has 21 heavy (non-hydrogen) atoms. The lowest BCUT2D eigenvalue weighted by Crippen LogP contribution is -2.00. The quantitative estimate of drug-likeness (QED) is 0.623. The Morgan fingerprint density at radius 2 is 1.86 bits per heavy atom. The number of fused-ring (bicyclic) bond motifs is 1. The van der Waals surface area contributed by atoms with Crippen LogP contribution in [0.5, 0.6) is 0 Å². The summed E-state index contributed by atoms with van der Waals surface area (Å²) in [6.45, 7) is 1.83. The fourth-order valence-electron chi connectivity index (χ4n) is 2.10. The van der Waals surface area contributed by atoms with E-state index < -0.39 is 0 Å². The topological polar surface area (TPSA) is 51.8 Å². The summed E-state index contributed by atoms with van der Waals surface area (Å²) >= 11 is 6.85. The van der Waals surface area contributed by atoms with Crippen molar-refractivity contribution in [1.82, 2.24) is 9.97 Å². The first-order valence-electron chi connectivity index (χ1n) is 6.14. The highest BCUT2D eigenvalue weighted by atomic mass is 79.9. The molecule has 0 aliphatic heterocycles. The molecule has 1 aromatic heterocycles. The summed E-state index contributed by atoms with van der Waals surface area (Å²) in [4.78, 5) is 8.67. The summed E-state index contributed by atoms with van der Waals surface area (Å²) in [5.74, 6) is 0.236. The van der Waals surface area contributed by atoms with Crippen molar-refractivity contribution in [2.75, 3.05) is 5.73 Å². The number of aromatic nitrogens is 2. The summed E-state index contributed by atoms with van der Waals surface area (Å²) in [7, 11) is 0. The number of hydrogen-bond donors (Lipinski definition) is 1. The first-order chi connectivity index (χ1) is 9.95. The van der Waals surface area contributed by atoms with Crippen LogP contribution in [-0.4, -0.2) is 9.97 Å². The predicted molar refractivity (Wildman–Crippen MR) is 89.5 cm³/mol. The van der Waals surface area contributed by atoms with Gasteiger partial charge in [-0.2, -0.15) is 0 Å². The van der Waals surface area contributed by atoms with Gasteiger partial charge in [0.15, 0.2) is 5.82 Å². The molecule has 0 saturated heterocycles. The molecule has 106 valence electrons. The molecule has 0 fully saturated rings. The fourth-order valence-corrected chi connectivity index (χ4v) is 3.42.